The summed E-state index contributed by atoms with van der Waals surface area (Å²) in [6, 6.07) is 9.33. The minimum absolute atomic E-state index is 0.0576. The maximum Gasteiger partial charge on any atom is 0.338 e. The lowest BCUT2D eigenvalue weighted by atomic mass is 9.39. The van der Waals surface area contributed by atoms with Gasteiger partial charge < -0.3 is 10.1 Å². The molecule has 4 heteroatoms. The third-order valence-corrected chi connectivity index (χ3v) is 12.6. The predicted molar refractivity (Wildman–Crippen MR) is 176 cm³/mol. The molecule has 3 aliphatic carbocycles. The Kier molecular flexibility index (Phi) is 10.6. The molecule has 10 atom stereocenters. The molecule has 4 nitrogen and oxygen atoms in total. The minimum atomic E-state index is -0.264. The van der Waals surface area contributed by atoms with Crippen LogP contribution in [0.15, 0.2) is 48.2 Å². The van der Waals surface area contributed by atoms with Crippen LogP contribution in [0.25, 0.3) is 0 Å². The van der Waals surface area contributed by atoms with E-state index >= 15 is 0 Å². The maximum absolute atomic E-state index is 13.5. The summed E-state index contributed by atoms with van der Waals surface area (Å²) in [7, 11) is 0. The number of carbonyl (C=O) groups excluding carboxylic acids is 2. The molecule has 3 saturated carbocycles. The number of hydrogen-bond acceptors (Lipinski definition) is 4. The molecule has 3 aliphatic rings. The van der Waals surface area contributed by atoms with Crippen molar-refractivity contribution in [3.05, 3.63) is 53.8 Å². The molecule has 0 radical (unpaired) electrons. The number of unbranched alkanes of at least 4 members (excludes halogenated alkanes) is 2. The Morgan fingerprint density at radius 3 is 2.44 bits per heavy atom. The van der Waals surface area contributed by atoms with Crippen LogP contribution in [-0.4, -0.2) is 23.6 Å². The summed E-state index contributed by atoms with van der Waals surface area (Å²) < 4.78 is 6.48. The second-order valence-corrected chi connectivity index (χ2v) is 14.8. The van der Waals surface area contributed by atoms with Crippen molar-refractivity contribution < 1.29 is 14.3 Å². The van der Waals surface area contributed by atoms with E-state index in [0.29, 0.717) is 35.7 Å². The minimum Gasteiger partial charge on any atom is -0.458 e. The number of hydrogen-bond donors (Lipinski definition) is 1. The largest absolute Gasteiger partial charge is 0.458 e. The Bertz CT molecular complexity index is 1210. The molecular weight excluding hydrogens is 530 g/mol. The third kappa shape index (κ3) is 6.37. The zero-order chi connectivity index (χ0) is 31.5. The number of ether oxygens (including phenoxy) is 1. The number of nitrogens with one attached hydrogen (secondary N) is 1. The van der Waals surface area contributed by atoms with Gasteiger partial charge >= 0.3 is 5.97 Å². The van der Waals surface area contributed by atoms with Gasteiger partial charge in [0.25, 0.3) is 0 Å². The van der Waals surface area contributed by atoms with Gasteiger partial charge in [0.15, 0.2) is 0 Å². The summed E-state index contributed by atoms with van der Waals surface area (Å²) in [6.07, 6.45) is 9.73. The van der Waals surface area contributed by atoms with Crippen molar-refractivity contribution in [2.75, 3.05) is 0 Å². The molecule has 0 aliphatic heterocycles. The average Bonchev–Trinajstić information content (AvgIpc) is 2.98. The van der Waals surface area contributed by atoms with E-state index in [2.05, 4.69) is 53.9 Å². The highest BCUT2D eigenvalue weighted by Crippen LogP contribution is 2.68. The van der Waals surface area contributed by atoms with Crippen LogP contribution in [0.5, 0.6) is 0 Å². The summed E-state index contributed by atoms with van der Waals surface area (Å²) in [5.74, 6) is 1.75. The second kappa shape index (κ2) is 13.7. The third-order valence-electron chi connectivity index (χ3n) is 12.6. The number of ketones is 1. The van der Waals surface area contributed by atoms with Crippen molar-refractivity contribution in [2.24, 2.45) is 52.3 Å². The highest BCUT2D eigenvalue weighted by molar-refractivity contribution is 5.89. The summed E-state index contributed by atoms with van der Waals surface area (Å²) >= 11 is 0. The van der Waals surface area contributed by atoms with E-state index in [0.717, 1.165) is 44.2 Å². The highest BCUT2D eigenvalue weighted by atomic mass is 16.5. The molecule has 1 N–H and O–H groups in total. The summed E-state index contributed by atoms with van der Waals surface area (Å²) in [6.45, 7) is 19.9. The fourth-order valence-corrected chi connectivity index (χ4v) is 10.1. The zero-order valence-corrected chi connectivity index (χ0v) is 28.0. The molecule has 43 heavy (non-hydrogen) atoms. The fraction of sp³-hybridized carbons (Fsp3) is 0.692. The standard InChI is InChI=1S/C39H57NO3/c1-9-12-14-17-25(4)30(10-2)32-24-39(8,26(5)27(6)41)33(11-3)31-23-35(43-37(42)28-18-15-13-16-19-28)34-22-29(40)20-21-38(34,7)36(31)32/h13,15-16,18-19,25-26,31-36,40H,2,9,11-12,14,17,20-24H2,1,3-8H3. The van der Waals surface area contributed by atoms with Crippen molar-refractivity contribution in [3.8, 4) is 0 Å². The molecule has 236 valence electrons. The maximum atomic E-state index is 13.5. The lowest BCUT2D eigenvalue weighted by molar-refractivity contribution is -0.179. The summed E-state index contributed by atoms with van der Waals surface area (Å²) in [5, 5.41) is 8.74. The van der Waals surface area contributed by atoms with Crippen LogP contribution < -0.4 is 0 Å². The van der Waals surface area contributed by atoms with Crippen molar-refractivity contribution in [1.82, 2.24) is 0 Å². The molecule has 0 saturated heterocycles. The van der Waals surface area contributed by atoms with E-state index < -0.39 is 0 Å². The van der Waals surface area contributed by atoms with Gasteiger partial charge in [0.1, 0.15) is 11.9 Å². The van der Waals surface area contributed by atoms with E-state index in [1.165, 1.54) is 24.8 Å². The van der Waals surface area contributed by atoms with Crippen LogP contribution in [0.4, 0.5) is 0 Å². The summed E-state index contributed by atoms with van der Waals surface area (Å²) in [4.78, 5) is 26.6. The Labute approximate surface area is 261 Å². The number of carbonyl (C=O) groups is 2. The van der Waals surface area contributed by atoms with Crippen molar-refractivity contribution >= 4 is 17.5 Å². The van der Waals surface area contributed by atoms with Gasteiger partial charge in [-0.3, -0.25) is 4.79 Å². The monoisotopic (exact) mass is 587 g/mol. The number of allylic oxidation sites excluding steroid dienone is 1. The SMILES string of the molecule is C=C=C(C(C)CCCCC)C1CC(C)(C(C)C(C)=O)C(CC)C2CC(OC(=O)c3ccccc3)C3CC(=N)CCC3(C)C12. The number of esters is 1. The van der Waals surface area contributed by atoms with E-state index in [9.17, 15) is 9.59 Å². The molecule has 0 amide bonds. The van der Waals surface area contributed by atoms with Crippen LogP contribution >= 0.6 is 0 Å². The van der Waals surface area contributed by atoms with Gasteiger partial charge in [0.2, 0.25) is 0 Å². The van der Waals surface area contributed by atoms with Gasteiger partial charge in [-0.05, 0) is 104 Å². The molecule has 0 heterocycles. The Morgan fingerprint density at radius 2 is 1.84 bits per heavy atom. The highest BCUT2D eigenvalue weighted by Gasteiger charge is 2.64. The smallest absolute Gasteiger partial charge is 0.338 e. The summed E-state index contributed by atoms with van der Waals surface area (Å²) in [5.41, 5.74) is 5.97. The van der Waals surface area contributed by atoms with Gasteiger partial charge in [0.05, 0.1) is 5.56 Å². The Morgan fingerprint density at radius 1 is 1.14 bits per heavy atom. The van der Waals surface area contributed by atoms with Crippen LogP contribution in [0.1, 0.15) is 123 Å². The normalized spacial score (nSPS) is 35.1. The van der Waals surface area contributed by atoms with Gasteiger partial charge in [-0.2, -0.15) is 0 Å². The van der Waals surface area contributed by atoms with E-state index in [-0.39, 0.29) is 46.4 Å². The Balaban J connectivity index is 1.83. The van der Waals surface area contributed by atoms with Gasteiger partial charge in [0, 0.05) is 17.5 Å². The average molecular weight is 588 g/mol. The van der Waals surface area contributed by atoms with Gasteiger partial charge in [-0.25, -0.2) is 4.79 Å². The zero-order valence-electron chi connectivity index (χ0n) is 28.0. The molecule has 0 bridgehead atoms. The lowest BCUT2D eigenvalue weighted by Crippen LogP contribution is -2.62. The van der Waals surface area contributed by atoms with Gasteiger partial charge in [-0.15, -0.1) is 5.73 Å². The second-order valence-electron chi connectivity index (χ2n) is 14.8. The molecular formula is C39H57NO3. The molecule has 1 aromatic rings. The van der Waals surface area contributed by atoms with Crippen LogP contribution in [0, 0.1) is 57.7 Å². The predicted octanol–water partition coefficient (Wildman–Crippen LogP) is 9.88. The van der Waals surface area contributed by atoms with E-state index in [1.54, 1.807) is 6.92 Å². The molecule has 4 rings (SSSR count). The van der Waals surface area contributed by atoms with Crippen molar-refractivity contribution in [1.29, 1.82) is 5.41 Å². The first-order chi connectivity index (χ1) is 20.4. The Hall–Kier alpha value is -2.45. The molecule has 3 fully saturated rings. The van der Waals surface area contributed by atoms with Gasteiger partial charge in [-0.1, -0.05) is 92.0 Å². The lowest BCUT2D eigenvalue weighted by Gasteiger charge is -2.66. The first-order valence-electron chi connectivity index (χ1n) is 17.1. The topological polar surface area (TPSA) is 67.2 Å². The first kappa shape index (κ1) is 33.4. The number of Topliss-reactive ketones (excluding diaryl/α,β-unsaturated/α-hetero) is 1. The molecule has 1 aromatic carbocycles. The molecule has 0 spiro atoms. The van der Waals surface area contributed by atoms with Crippen LogP contribution in [0.3, 0.4) is 0 Å². The first-order valence-corrected chi connectivity index (χ1v) is 17.1. The van der Waals surface area contributed by atoms with Crippen molar-refractivity contribution in [2.45, 2.75) is 119 Å². The van der Waals surface area contributed by atoms with E-state index in [1.807, 2.05) is 30.3 Å². The molecule has 0 aromatic heterocycles. The number of fused-ring (bicyclic) bond motifs is 3. The van der Waals surface area contributed by atoms with Crippen molar-refractivity contribution in [3.63, 3.8) is 0 Å². The van der Waals surface area contributed by atoms with Crippen LogP contribution in [0.2, 0.25) is 0 Å². The number of benzene rings is 1. The van der Waals surface area contributed by atoms with Crippen LogP contribution in [-0.2, 0) is 9.53 Å². The fourth-order valence-electron chi connectivity index (χ4n) is 10.1. The molecule has 10 unspecified atom stereocenters. The quantitative estimate of drug-likeness (QED) is 0.159. The number of rotatable bonds is 11. The van der Waals surface area contributed by atoms with E-state index in [4.69, 9.17) is 10.1 Å².